The van der Waals surface area contributed by atoms with E-state index in [0.29, 0.717) is 25.7 Å². The monoisotopic (exact) mass is 726 g/mol. The van der Waals surface area contributed by atoms with Crippen LogP contribution in [0.15, 0.2) is 121 Å². The fourth-order valence-electron chi connectivity index (χ4n) is 7.98. The van der Waals surface area contributed by atoms with Gasteiger partial charge in [-0.15, -0.1) is 0 Å². The summed E-state index contributed by atoms with van der Waals surface area (Å²) in [5.74, 6) is -2.58. The van der Waals surface area contributed by atoms with Crippen LogP contribution in [0.4, 0.5) is 9.59 Å². The van der Waals surface area contributed by atoms with Crippen molar-refractivity contribution < 1.29 is 38.9 Å². The zero-order valence-corrected chi connectivity index (χ0v) is 29.6. The number of aliphatic carboxylic acids is 2. The zero-order valence-electron chi connectivity index (χ0n) is 29.6. The first kappa shape index (κ1) is 36.2. The number of carboxylic acids is 2. The maximum Gasteiger partial charge on any atom is 0.407 e. The number of amides is 2. The van der Waals surface area contributed by atoms with Crippen LogP contribution in [-0.4, -0.2) is 59.6 Å². The van der Waals surface area contributed by atoms with E-state index in [4.69, 9.17) is 19.7 Å². The van der Waals surface area contributed by atoms with Crippen LogP contribution in [0.1, 0.15) is 59.8 Å². The van der Waals surface area contributed by atoms with Crippen molar-refractivity contribution in [2.75, 3.05) is 13.2 Å². The summed E-state index contributed by atoms with van der Waals surface area (Å²) in [6.07, 6.45) is 8.01. The molecule has 10 nitrogen and oxygen atoms in total. The average Bonchev–Trinajstić information content (AvgIpc) is 3.69. The summed E-state index contributed by atoms with van der Waals surface area (Å²) in [5, 5.41) is 23.8. The highest BCUT2D eigenvalue weighted by atomic mass is 16.6. The van der Waals surface area contributed by atoms with Gasteiger partial charge in [0.1, 0.15) is 13.2 Å². The molecule has 0 heterocycles. The number of hydrogen-bond donors (Lipinski definition) is 4. The Labute approximate surface area is 313 Å². The summed E-state index contributed by atoms with van der Waals surface area (Å²) in [5.41, 5.74) is 9.38. The van der Waals surface area contributed by atoms with Crippen LogP contribution in [0.25, 0.3) is 22.3 Å². The number of alkyl carbamates (subject to hydrolysis) is 2. The highest BCUT2D eigenvalue weighted by molar-refractivity contribution is 5.80. The smallest absolute Gasteiger partial charge is 0.407 e. The maximum absolute atomic E-state index is 12.3. The molecule has 0 fully saturated rings. The number of ether oxygens (including phenoxy) is 2. The van der Waals surface area contributed by atoms with Crippen molar-refractivity contribution in [3.05, 3.63) is 144 Å². The number of rotatable bonds is 8. The van der Waals surface area contributed by atoms with Gasteiger partial charge in [0.25, 0.3) is 0 Å². The Bertz CT molecular complexity index is 1870. The molecule has 0 saturated heterocycles. The minimum atomic E-state index is -0.835. The van der Waals surface area contributed by atoms with Crippen molar-refractivity contribution >= 4 is 24.1 Å². The van der Waals surface area contributed by atoms with E-state index < -0.39 is 36.0 Å². The molecule has 0 saturated carbocycles. The summed E-state index contributed by atoms with van der Waals surface area (Å²) < 4.78 is 11.0. The maximum atomic E-state index is 12.3. The first-order chi connectivity index (χ1) is 26.3. The van der Waals surface area contributed by atoms with E-state index in [2.05, 4.69) is 59.2 Å². The van der Waals surface area contributed by atoms with E-state index in [9.17, 15) is 19.2 Å². The first-order valence-electron chi connectivity index (χ1n) is 18.3. The van der Waals surface area contributed by atoms with Gasteiger partial charge < -0.3 is 30.3 Å². The molecule has 2 amide bonds. The van der Waals surface area contributed by atoms with Crippen LogP contribution >= 0.6 is 0 Å². The van der Waals surface area contributed by atoms with Crippen molar-refractivity contribution in [2.45, 2.75) is 49.6 Å². The zero-order chi connectivity index (χ0) is 37.6. The van der Waals surface area contributed by atoms with Crippen LogP contribution in [-0.2, 0) is 19.1 Å². The number of benzene rings is 4. The third kappa shape index (κ3) is 7.93. The molecular weight excluding hydrogens is 684 g/mol. The van der Waals surface area contributed by atoms with Crippen molar-refractivity contribution in [1.82, 2.24) is 10.6 Å². The number of carbonyl (C=O) groups is 4. The summed E-state index contributed by atoms with van der Waals surface area (Å²) in [6, 6.07) is 32.1. The molecule has 54 heavy (non-hydrogen) atoms. The number of hydrogen-bond acceptors (Lipinski definition) is 6. The predicted molar refractivity (Wildman–Crippen MR) is 203 cm³/mol. The lowest BCUT2D eigenvalue weighted by Crippen LogP contribution is -2.38. The van der Waals surface area contributed by atoms with Gasteiger partial charge >= 0.3 is 24.1 Å². The predicted octanol–water partition coefficient (Wildman–Crippen LogP) is 7.89. The van der Waals surface area contributed by atoms with Gasteiger partial charge in [-0.2, -0.15) is 0 Å². The van der Waals surface area contributed by atoms with Gasteiger partial charge in [-0.3, -0.25) is 9.59 Å². The molecule has 4 aromatic carbocycles. The summed E-state index contributed by atoms with van der Waals surface area (Å²) in [7, 11) is 0. The molecule has 4 aliphatic rings. The highest BCUT2D eigenvalue weighted by Gasteiger charge is 2.32. The molecule has 4 aliphatic carbocycles. The third-order valence-corrected chi connectivity index (χ3v) is 10.6. The molecule has 8 rings (SSSR count). The van der Waals surface area contributed by atoms with Gasteiger partial charge in [0.15, 0.2) is 0 Å². The molecule has 4 aromatic rings. The number of carboxylic acid groups (broad SMARTS) is 2. The van der Waals surface area contributed by atoms with Gasteiger partial charge in [0.05, 0.1) is 23.9 Å². The largest absolute Gasteiger partial charge is 0.481 e. The van der Waals surface area contributed by atoms with E-state index in [1.165, 1.54) is 22.3 Å². The summed E-state index contributed by atoms with van der Waals surface area (Å²) in [4.78, 5) is 46.8. The topological polar surface area (TPSA) is 151 Å². The highest BCUT2D eigenvalue weighted by Crippen LogP contribution is 2.45. The second-order valence-electron chi connectivity index (χ2n) is 14.0. The minimum Gasteiger partial charge on any atom is -0.481 e. The number of fused-ring (bicyclic) bond motifs is 6. The van der Waals surface area contributed by atoms with Gasteiger partial charge in [-0.25, -0.2) is 9.59 Å². The first-order valence-corrected chi connectivity index (χ1v) is 18.3. The lowest BCUT2D eigenvalue weighted by molar-refractivity contribution is -0.143. The Hall–Kier alpha value is -6.16. The van der Waals surface area contributed by atoms with E-state index in [1.54, 1.807) is 12.2 Å². The molecule has 0 aliphatic heterocycles. The van der Waals surface area contributed by atoms with Crippen molar-refractivity contribution in [3.63, 3.8) is 0 Å². The second kappa shape index (κ2) is 16.2. The number of allylic oxidation sites excluding steroid dienone is 2. The van der Waals surface area contributed by atoms with E-state index >= 15 is 0 Å². The van der Waals surface area contributed by atoms with Crippen LogP contribution in [0.5, 0.6) is 0 Å². The second-order valence-corrected chi connectivity index (χ2v) is 14.0. The lowest BCUT2D eigenvalue weighted by Gasteiger charge is -2.23. The molecule has 0 bridgehead atoms. The Morgan fingerprint density at radius 2 is 0.833 bits per heavy atom. The quantitative estimate of drug-likeness (QED) is 0.134. The van der Waals surface area contributed by atoms with Gasteiger partial charge in [-0.1, -0.05) is 121 Å². The van der Waals surface area contributed by atoms with Crippen molar-refractivity contribution in [3.8, 4) is 22.3 Å². The molecule has 276 valence electrons. The Morgan fingerprint density at radius 3 is 1.15 bits per heavy atom. The minimum absolute atomic E-state index is 0.0109. The normalized spacial score (nSPS) is 20.6. The molecule has 4 atom stereocenters. The lowest BCUT2D eigenvalue weighted by atomic mass is 9.91. The SMILES string of the molecule is O=C(N[C@@H]1C=CC[C@@H](C(=O)O)C1)OCC1c2ccccc2-c2ccccc21.O=C(N[C@H]1C=CC[C@H](C(=O)O)C1)OCC1c2ccccc2-c2ccccc21. The molecule has 0 unspecified atom stereocenters. The standard InChI is InChI=1S/2C22H21NO4/c2*24-21(25)14-6-5-7-15(12-14)23-22(26)27-13-20-18-10-3-1-8-16(18)17-9-2-4-11-19(17)20/h2*1-5,7-11,14-15,20H,6,12-13H2,(H,23,26)(H,24,25)/t2*14-,15-/m10/s1. The molecule has 0 aromatic heterocycles. The fraction of sp³-hybridized carbons (Fsp3) is 0.273. The molecule has 0 spiro atoms. The van der Waals surface area contributed by atoms with E-state index in [0.717, 1.165) is 22.3 Å². The van der Waals surface area contributed by atoms with E-state index in [1.807, 2.05) is 60.7 Å². The van der Waals surface area contributed by atoms with Crippen LogP contribution in [0, 0.1) is 11.8 Å². The van der Waals surface area contributed by atoms with E-state index in [-0.39, 0.29) is 37.1 Å². The summed E-state index contributed by atoms with van der Waals surface area (Å²) >= 11 is 0. The van der Waals surface area contributed by atoms with Gasteiger partial charge in [-0.05, 0) is 70.2 Å². The van der Waals surface area contributed by atoms with Crippen LogP contribution in [0.3, 0.4) is 0 Å². The molecule has 4 N–H and O–H groups in total. The molecular formula is C44H42N2O8. The Balaban J connectivity index is 0.000000167. The van der Waals surface area contributed by atoms with Crippen molar-refractivity contribution in [1.29, 1.82) is 0 Å². The number of carbonyl (C=O) groups excluding carboxylic acids is 2. The molecule has 10 heteroatoms. The van der Waals surface area contributed by atoms with Crippen LogP contribution in [0.2, 0.25) is 0 Å². The van der Waals surface area contributed by atoms with Gasteiger partial charge in [0.2, 0.25) is 0 Å². The number of nitrogens with one attached hydrogen (secondary N) is 2. The summed E-state index contributed by atoms with van der Waals surface area (Å²) in [6.45, 7) is 0.497. The molecule has 0 radical (unpaired) electrons. The fourth-order valence-corrected chi connectivity index (χ4v) is 7.98. The third-order valence-electron chi connectivity index (χ3n) is 10.6. The van der Waals surface area contributed by atoms with Crippen LogP contribution < -0.4 is 10.6 Å². The average molecular weight is 727 g/mol. The van der Waals surface area contributed by atoms with Crippen molar-refractivity contribution in [2.24, 2.45) is 11.8 Å². The van der Waals surface area contributed by atoms with Gasteiger partial charge in [0, 0.05) is 11.8 Å². The Morgan fingerprint density at radius 1 is 0.519 bits per heavy atom. The Kier molecular flexibility index (Phi) is 10.9.